The minimum atomic E-state index is -0.0157. The highest BCUT2D eigenvalue weighted by molar-refractivity contribution is 8.17. The number of carbonyl (C=O) groups excluding carboxylic acids is 2. The molecule has 2 aromatic carbocycles. The Bertz CT molecular complexity index is 743. The molecule has 0 radical (unpaired) electrons. The second-order valence-corrected chi connectivity index (χ2v) is 7.76. The first kappa shape index (κ1) is 16.1. The molecule has 2 nitrogen and oxygen atoms in total. The second kappa shape index (κ2) is 7.64. The zero-order valence-corrected chi connectivity index (χ0v) is 14.4. The molecular formula is C18H12O2S3. The zero-order chi connectivity index (χ0) is 16.1. The summed E-state index contributed by atoms with van der Waals surface area (Å²) in [6, 6.07) is 20.2. The van der Waals surface area contributed by atoms with E-state index in [1.165, 1.54) is 34.9 Å². The highest BCUT2D eigenvalue weighted by atomic mass is 32.2. The summed E-state index contributed by atoms with van der Waals surface area (Å²) in [5.74, 6) is 0. The molecule has 0 spiro atoms. The lowest BCUT2D eigenvalue weighted by atomic mass is 10.2. The van der Waals surface area contributed by atoms with E-state index in [1.807, 2.05) is 47.8 Å². The molecule has 1 heterocycles. The SMILES string of the molecule is O=C(Sc1ccsc1SC(=O)c1ccccc1)c1ccccc1. The summed E-state index contributed by atoms with van der Waals surface area (Å²) in [4.78, 5) is 25.4. The summed E-state index contributed by atoms with van der Waals surface area (Å²) in [6.45, 7) is 0. The average Bonchev–Trinajstić information content (AvgIpc) is 3.03. The fraction of sp³-hybridized carbons (Fsp3) is 0. The van der Waals surface area contributed by atoms with Gasteiger partial charge >= 0.3 is 0 Å². The highest BCUT2D eigenvalue weighted by Gasteiger charge is 2.16. The molecule has 3 aromatic rings. The van der Waals surface area contributed by atoms with Crippen LogP contribution in [0.2, 0.25) is 0 Å². The molecule has 0 amide bonds. The highest BCUT2D eigenvalue weighted by Crippen LogP contribution is 2.38. The zero-order valence-electron chi connectivity index (χ0n) is 12.0. The van der Waals surface area contributed by atoms with Crippen LogP contribution in [0.25, 0.3) is 0 Å². The van der Waals surface area contributed by atoms with Gasteiger partial charge in [0.15, 0.2) is 0 Å². The van der Waals surface area contributed by atoms with Crippen molar-refractivity contribution in [2.45, 2.75) is 9.10 Å². The third kappa shape index (κ3) is 4.13. The van der Waals surface area contributed by atoms with Crippen LogP contribution in [0.5, 0.6) is 0 Å². The molecule has 23 heavy (non-hydrogen) atoms. The van der Waals surface area contributed by atoms with Crippen LogP contribution in [-0.4, -0.2) is 10.2 Å². The van der Waals surface area contributed by atoms with Crippen molar-refractivity contribution in [2.24, 2.45) is 0 Å². The molecule has 0 bridgehead atoms. The van der Waals surface area contributed by atoms with Gasteiger partial charge in [-0.15, -0.1) is 11.3 Å². The topological polar surface area (TPSA) is 34.1 Å². The molecule has 0 aliphatic rings. The smallest absolute Gasteiger partial charge is 0.224 e. The lowest BCUT2D eigenvalue weighted by molar-refractivity contribution is 0.108. The van der Waals surface area contributed by atoms with Crippen molar-refractivity contribution in [1.29, 1.82) is 0 Å². The number of rotatable bonds is 4. The third-order valence-corrected chi connectivity index (χ3v) is 6.31. The van der Waals surface area contributed by atoms with E-state index >= 15 is 0 Å². The Labute approximate surface area is 146 Å². The summed E-state index contributed by atoms with van der Waals surface area (Å²) in [6.07, 6.45) is 0. The van der Waals surface area contributed by atoms with Crippen molar-refractivity contribution in [2.75, 3.05) is 0 Å². The quantitative estimate of drug-likeness (QED) is 0.569. The van der Waals surface area contributed by atoms with Crippen molar-refractivity contribution >= 4 is 45.1 Å². The molecule has 0 saturated heterocycles. The Balaban J connectivity index is 1.73. The number of carbonyl (C=O) groups is 2. The van der Waals surface area contributed by atoms with Crippen LogP contribution in [0.1, 0.15) is 20.7 Å². The predicted molar refractivity (Wildman–Crippen MR) is 97.6 cm³/mol. The van der Waals surface area contributed by atoms with Crippen LogP contribution in [0.3, 0.4) is 0 Å². The lowest BCUT2D eigenvalue weighted by Gasteiger charge is -2.03. The van der Waals surface area contributed by atoms with Crippen LogP contribution in [0, 0.1) is 0 Å². The van der Waals surface area contributed by atoms with E-state index in [0.717, 1.165) is 9.10 Å². The van der Waals surface area contributed by atoms with Gasteiger partial charge in [-0.25, -0.2) is 0 Å². The monoisotopic (exact) mass is 356 g/mol. The summed E-state index contributed by atoms with van der Waals surface area (Å²) >= 11 is 3.82. The van der Waals surface area contributed by atoms with Gasteiger partial charge in [0.05, 0.1) is 4.21 Å². The van der Waals surface area contributed by atoms with Crippen molar-refractivity contribution in [1.82, 2.24) is 0 Å². The molecular weight excluding hydrogens is 344 g/mol. The maximum Gasteiger partial charge on any atom is 0.224 e. The molecule has 1 aromatic heterocycles. The number of thiophene rings is 1. The van der Waals surface area contributed by atoms with E-state index in [2.05, 4.69) is 0 Å². The van der Waals surface area contributed by atoms with E-state index in [9.17, 15) is 9.59 Å². The van der Waals surface area contributed by atoms with Crippen LogP contribution in [0.4, 0.5) is 0 Å². The normalized spacial score (nSPS) is 10.4. The van der Waals surface area contributed by atoms with Crippen LogP contribution < -0.4 is 0 Å². The van der Waals surface area contributed by atoms with Crippen LogP contribution >= 0.6 is 34.9 Å². The van der Waals surface area contributed by atoms with Gasteiger partial charge in [0.2, 0.25) is 10.2 Å². The van der Waals surface area contributed by atoms with E-state index in [4.69, 9.17) is 0 Å². The predicted octanol–water partition coefficient (Wildman–Crippen LogP) is 5.61. The molecule has 0 N–H and O–H groups in total. The molecule has 0 aliphatic carbocycles. The fourth-order valence-electron chi connectivity index (χ4n) is 1.88. The number of benzene rings is 2. The largest absolute Gasteiger partial charge is 0.281 e. The number of thioether (sulfide) groups is 2. The molecule has 114 valence electrons. The van der Waals surface area contributed by atoms with Crippen LogP contribution in [0.15, 0.2) is 81.2 Å². The number of hydrogen-bond acceptors (Lipinski definition) is 5. The van der Waals surface area contributed by atoms with Crippen molar-refractivity contribution in [3.8, 4) is 0 Å². The molecule has 0 unspecified atom stereocenters. The van der Waals surface area contributed by atoms with Gasteiger partial charge in [-0.3, -0.25) is 9.59 Å². The molecule has 3 rings (SSSR count). The molecule has 0 fully saturated rings. The summed E-state index contributed by atoms with van der Waals surface area (Å²) in [7, 11) is 0. The van der Waals surface area contributed by atoms with Gasteiger partial charge in [0.1, 0.15) is 0 Å². The second-order valence-electron chi connectivity index (χ2n) is 4.58. The average molecular weight is 356 g/mol. The van der Waals surface area contributed by atoms with E-state index in [-0.39, 0.29) is 10.2 Å². The Morgan fingerprint density at radius 1 is 0.696 bits per heavy atom. The minimum absolute atomic E-state index is 0.0120. The van der Waals surface area contributed by atoms with E-state index in [1.54, 1.807) is 24.3 Å². The third-order valence-electron chi connectivity index (χ3n) is 3.00. The van der Waals surface area contributed by atoms with Crippen molar-refractivity contribution < 1.29 is 9.59 Å². The van der Waals surface area contributed by atoms with E-state index in [0.29, 0.717) is 11.1 Å². The lowest BCUT2D eigenvalue weighted by Crippen LogP contribution is -1.94. The van der Waals surface area contributed by atoms with Gasteiger partial charge in [0, 0.05) is 16.0 Å². The van der Waals surface area contributed by atoms with Gasteiger partial charge in [-0.2, -0.15) is 0 Å². The standard InChI is InChI=1S/C18H12O2S3/c19-16(13-7-3-1-4-8-13)22-15-11-12-21-18(15)23-17(20)14-9-5-2-6-10-14/h1-12H. The van der Waals surface area contributed by atoms with Crippen molar-refractivity contribution in [3.63, 3.8) is 0 Å². The summed E-state index contributed by atoms with van der Waals surface area (Å²) < 4.78 is 0.855. The van der Waals surface area contributed by atoms with Gasteiger partial charge in [-0.05, 0) is 35.0 Å². The Hall–Kier alpha value is -1.82. The summed E-state index contributed by atoms with van der Waals surface area (Å²) in [5.41, 5.74) is 1.32. The van der Waals surface area contributed by atoms with Gasteiger partial charge < -0.3 is 0 Å². The summed E-state index contributed by atoms with van der Waals surface area (Å²) in [5, 5.41) is 1.88. The van der Waals surface area contributed by atoms with Crippen LogP contribution in [-0.2, 0) is 0 Å². The Morgan fingerprint density at radius 3 is 1.78 bits per heavy atom. The number of hydrogen-bond donors (Lipinski definition) is 0. The van der Waals surface area contributed by atoms with Crippen molar-refractivity contribution in [3.05, 3.63) is 83.2 Å². The first-order chi connectivity index (χ1) is 11.2. The molecule has 0 aliphatic heterocycles. The Morgan fingerprint density at radius 2 is 1.22 bits per heavy atom. The maximum absolute atomic E-state index is 12.3. The van der Waals surface area contributed by atoms with Gasteiger partial charge in [-0.1, -0.05) is 60.7 Å². The molecule has 0 saturated carbocycles. The first-order valence-electron chi connectivity index (χ1n) is 6.86. The minimum Gasteiger partial charge on any atom is -0.281 e. The fourth-order valence-corrected chi connectivity index (χ4v) is 4.85. The Kier molecular flexibility index (Phi) is 5.33. The van der Waals surface area contributed by atoms with E-state index < -0.39 is 0 Å². The van der Waals surface area contributed by atoms with Gasteiger partial charge in [0.25, 0.3) is 0 Å². The first-order valence-corrected chi connectivity index (χ1v) is 9.37. The molecule has 5 heteroatoms. The maximum atomic E-state index is 12.3. The molecule has 0 atom stereocenters.